The molecule has 2 N–H and O–H groups in total. The molecule has 0 saturated carbocycles. The second-order valence-corrected chi connectivity index (χ2v) is 8.97. The maximum Gasteiger partial charge on any atom is 0.311 e. The second-order valence-electron chi connectivity index (χ2n) is 8.53. The Balaban J connectivity index is 1.76. The number of rotatable bonds is 13. The van der Waals surface area contributed by atoms with Gasteiger partial charge in [0.2, 0.25) is 0 Å². The van der Waals surface area contributed by atoms with E-state index in [1.54, 1.807) is 13.0 Å². The average Bonchev–Trinajstić information content (AvgIpc) is 3.30. The molecule has 0 radical (unpaired) electrons. The molecule has 182 valence electrons. The van der Waals surface area contributed by atoms with Crippen molar-refractivity contribution in [1.82, 2.24) is 10.5 Å². The lowest BCUT2D eigenvalue weighted by Crippen LogP contribution is -2.42. The van der Waals surface area contributed by atoms with Crippen molar-refractivity contribution in [2.45, 2.75) is 39.3 Å². The van der Waals surface area contributed by atoms with Crippen LogP contribution in [0.2, 0.25) is 5.02 Å². The van der Waals surface area contributed by atoms with Gasteiger partial charge in [0, 0.05) is 23.7 Å². The Kier molecular flexibility index (Phi) is 9.10. The monoisotopic (exact) mass is 486 g/mol. The molecular weight excluding hydrogens is 456 g/mol. The standard InChI is InChI=1S/C26H31ClN2O5/c1-4-33-17-26(2,25(30)31)15-22(28-16-23-14-24(32-3)29-34-23)12-18-8-10-19(11-9-18)20-6-5-7-21(27)13-20/h5-11,13-14,22,28H,4,12,15-17H2,1-3H3,(H,30,31). The van der Waals surface area contributed by atoms with Crippen LogP contribution in [0.3, 0.4) is 0 Å². The number of nitrogens with one attached hydrogen (secondary N) is 1. The first kappa shape index (κ1) is 25.7. The van der Waals surface area contributed by atoms with Crippen LogP contribution in [0, 0.1) is 5.41 Å². The summed E-state index contributed by atoms with van der Waals surface area (Å²) in [5, 5.41) is 17.9. The Morgan fingerprint density at radius 2 is 1.97 bits per heavy atom. The van der Waals surface area contributed by atoms with Gasteiger partial charge < -0.3 is 24.4 Å². The van der Waals surface area contributed by atoms with E-state index in [0.717, 1.165) is 16.7 Å². The van der Waals surface area contributed by atoms with Crippen molar-refractivity contribution in [2.75, 3.05) is 20.3 Å². The van der Waals surface area contributed by atoms with Crippen molar-refractivity contribution >= 4 is 17.6 Å². The molecule has 1 aromatic heterocycles. The molecule has 0 spiro atoms. The molecular formula is C26H31ClN2O5. The van der Waals surface area contributed by atoms with Crippen LogP contribution in [0.4, 0.5) is 0 Å². The number of hydrogen-bond acceptors (Lipinski definition) is 6. The largest absolute Gasteiger partial charge is 0.481 e. The van der Waals surface area contributed by atoms with Crippen LogP contribution in [0.5, 0.6) is 5.88 Å². The highest BCUT2D eigenvalue weighted by Gasteiger charge is 2.36. The highest BCUT2D eigenvalue weighted by molar-refractivity contribution is 6.30. The number of carboxylic acid groups (broad SMARTS) is 1. The molecule has 3 rings (SSSR count). The molecule has 0 saturated heterocycles. The van der Waals surface area contributed by atoms with E-state index in [0.29, 0.717) is 42.7 Å². The summed E-state index contributed by atoms with van der Waals surface area (Å²) in [4.78, 5) is 12.1. The van der Waals surface area contributed by atoms with Crippen molar-refractivity contribution in [1.29, 1.82) is 0 Å². The number of benzene rings is 2. The number of aromatic nitrogens is 1. The first-order valence-corrected chi connectivity index (χ1v) is 11.6. The van der Waals surface area contributed by atoms with E-state index in [4.69, 9.17) is 25.6 Å². The molecule has 0 aliphatic carbocycles. The van der Waals surface area contributed by atoms with Crippen LogP contribution in [0.1, 0.15) is 31.6 Å². The SMILES string of the molecule is CCOCC(C)(CC(Cc1ccc(-c2cccc(Cl)c2)cc1)NCc1cc(OC)no1)C(=O)O. The minimum Gasteiger partial charge on any atom is -0.481 e. The van der Waals surface area contributed by atoms with Crippen molar-refractivity contribution in [3.05, 3.63) is 70.9 Å². The number of ether oxygens (including phenoxy) is 2. The zero-order chi connectivity index (χ0) is 24.6. The quantitative estimate of drug-likeness (QED) is 0.342. The van der Waals surface area contributed by atoms with Crippen molar-refractivity contribution in [3.63, 3.8) is 0 Å². The lowest BCUT2D eigenvalue weighted by molar-refractivity contribution is -0.152. The van der Waals surface area contributed by atoms with Crippen molar-refractivity contribution < 1.29 is 23.9 Å². The minimum absolute atomic E-state index is 0.140. The Bertz CT molecular complexity index is 1070. The molecule has 7 nitrogen and oxygen atoms in total. The van der Waals surface area contributed by atoms with Gasteiger partial charge in [-0.05, 0) is 60.7 Å². The molecule has 8 heteroatoms. The Labute approximate surface area is 205 Å². The number of nitrogens with zero attached hydrogens (tertiary/aromatic N) is 1. The lowest BCUT2D eigenvalue weighted by Gasteiger charge is -2.30. The van der Waals surface area contributed by atoms with E-state index in [1.807, 2.05) is 31.2 Å². The summed E-state index contributed by atoms with van der Waals surface area (Å²) in [6.07, 6.45) is 1.01. The summed E-state index contributed by atoms with van der Waals surface area (Å²) in [5.74, 6) is 0.127. The van der Waals surface area contributed by atoms with E-state index in [9.17, 15) is 9.90 Å². The zero-order valence-electron chi connectivity index (χ0n) is 19.7. The molecule has 3 aromatic rings. The molecule has 2 unspecified atom stereocenters. The van der Waals surface area contributed by atoms with Crippen LogP contribution < -0.4 is 10.1 Å². The van der Waals surface area contributed by atoms with Crippen LogP contribution in [0.25, 0.3) is 11.1 Å². The number of halogens is 1. The maximum absolute atomic E-state index is 12.1. The Morgan fingerprint density at radius 3 is 2.59 bits per heavy atom. The van der Waals surface area contributed by atoms with Gasteiger partial charge in [-0.15, -0.1) is 0 Å². The van der Waals surface area contributed by atoms with Gasteiger partial charge in [0.1, 0.15) is 0 Å². The van der Waals surface area contributed by atoms with Gasteiger partial charge in [0.15, 0.2) is 5.76 Å². The highest BCUT2D eigenvalue weighted by Crippen LogP contribution is 2.28. The van der Waals surface area contributed by atoms with E-state index in [2.05, 4.69) is 34.7 Å². The molecule has 0 aliphatic rings. The molecule has 0 aliphatic heterocycles. The van der Waals surface area contributed by atoms with E-state index in [1.165, 1.54) is 7.11 Å². The third kappa shape index (κ3) is 7.06. The Hall–Kier alpha value is -2.87. The second kappa shape index (κ2) is 12.0. The van der Waals surface area contributed by atoms with Crippen LogP contribution in [-0.2, 0) is 22.5 Å². The normalized spacial score (nSPS) is 13.9. The minimum atomic E-state index is -1.03. The molecule has 0 bridgehead atoms. The van der Waals surface area contributed by atoms with E-state index < -0.39 is 11.4 Å². The topological polar surface area (TPSA) is 93.8 Å². The predicted octanol–water partition coefficient (Wildman–Crippen LogP) is 5.22. The highest BCUT2D eigenvalue weighted by atomic mass is 35.5. The Morgan fingerprint density at radius 1 is 1.21 bits per heavy atom. The summed E-state index contributed by atoms with van der Waals surface area (Å²) >= 11 is 6.13. The molecule has 0 amide bonds. The van der Waals surface area contributed by atoms with Gasteiger partial charge in [-0.3, -0.25) is 4.79 Å². The summed E-state index contributed by atoms with van der Waals surface area (Å²) in [5.41, 5.74) is 2.16. The third-order valence-corrected chi connectivity index (χ3v) is 5.98. The van der Waals surface area contributed by atoms with Crippen LogP contribution in [-0.4, -0.2) is 42.6 Å². The van der Waals surface area contributed by atoms with E-state index >= 15 is 0 Å². The fraction of sp³-hybridized carbons (Fsp3) is 0.385. The fourth-order valence-corrected chi connectivity index (χ4v) is 3.99. The first-order valence-electron chi connectivity index (χ1n) is 11.2. The van der Waals surface area contributed by atoms with Gasteiger partial charge in [0.25, 0.3) is 5.88 Å². The summed E-state index contributed by atoms with van der Waals surface area (Å²) < 4.78 is 15.9. The van der Waals surface area contributed by atoms with Crippen molar-refractivity contribution in [2.24, 2.45) is 5.41 Å². The number of carbonyl (C=O) groups is 1. The summed E-state index contributed by atoms with van der Waals surface area (Å²) in [6.45, 7) is 4.58. The average molecular weight is 487 g/mol. The molecule has 2 atom stereocenters. The van der Waals surface area contributed by atoms with Gasteiger partial charge in [-0.1, -0.05) is 48.0 Å². The summed E-state index contributed by atoms with van der Waals surface area (Å²) in [6, 6.07) is 17.5. The van der Waals surface area contributed by atoms with Crippen molar-refractivity contribution in [3.8, 4) is 17.0 Å². The van der Waals surface area contributed by atoms with Crippen LogP contribution >= 0.6 is 11.6 Å². The van der Waals surface area contributed by atoms with Gasteiger partial charge >= 0.3 is 5.97 Å². The van der Waals surface area contributed by atoms with Crippen LogP contribution in [0.15, 0.2) is 59.1 Å². The predicted molar refractivity (Wildman–Crippen MR) is 131 cm³/mol. The molecule has 1 heterocycles. The van der Waals surface area contributed by atoms with Gasteiger partial charge in [-0.25, -0.2) is 0 Å². The number of hydrogen-bond donors (Lipinski definition) is 2. The molecule has 34 heavy (non-hydrogen) atoms. The number of carboxylic acids is 1. The number of aliphatic carboxylic acids is 1. The zero-order valence-corrected chi connectivity index (χ0v) is 20.5. The molecule has 2 aromatic carbocycles. The molecule has 0 fully saturated rings. The third-order valence-electron chi connectivity index (χ3n) is 5.74. The first-order chi connectivity index (χ1) is 16.3. The smallest absolute Gasteiger partial charge is 0.311 e. The van der Waals surface area contributed by atoms with E-state index in [-0.39, 0.29) is 12.6 Å². The van der Waals surface area contributed by atoms with Gasteiger partial charge in [0.05, 0.1) is 25.7 Å². The number of methoxy groups -OCH3 is 1. The fourth-order valence-electron chi connectivity index (χ4n) is 3.80. The lowest BCUT2D eigenvalue weighted by atomic mass is 9.82. The maximum atomic E-state index is 12.1. The summed E-state index contributed by atoms with van der Waals surface area (Å²) in [7, 11) is 1.52. The van der Waals surface area contributed by atoms with Gasteiger partial charge in [-0.2, -0.15) is 0 Å².